The highest BCUT2D eigenvalue weighted by molar-refractivity contribution is 7.91. The van der Waals surface area contributed by atoms with Gasteiger partial charge in [0.1, 0.15) is 0 Å². The Hall–Kier alpha value is -0.130. The Bertz CT molecular complexity index is 388. The van der Waals surface area contributed by atoms with Crippen molar-refractivity contribution in [3.05, 3.63) is 0 Å². The Morgan fingerprint density at radius 1 is 1.32 bits per heavy atom. The summed E-state index contributed by atoms with van der Waals surface area (Å²) in [5.74, 6) is 1.45. The second-order valence-electron chi connectivity index (χ2n) is 6.34. The summed E-state index contributed by atoms with van der Waals surface area (Å²) in [5.41, 5.74) is 5.71. The Balaban J connectivity index is 2.02. The molecule has 112 valence electrons. The lowest BCUT2D eigenvalue weighted by atomic mass is 9.86. The van der Waals surface area contributed by atoms with Gasteiger partial charge in [-0.15, -0.1) is 0 Å². The van der Waals surface area contributed by atoms with Gasteiger partial charge in [0, 0.05) is 12.1 Å². The Kier molecular flexibility index (Phi) is 4.90. The molecule has 0 bridgehead atoms. The minimum Gasteiger partial charge on any atom is -0.329 e. The van der Waals surface area contributed by atoms with Gasteiger partial charge in [-0.2, -0.15) is 0 Å². The summed E-state index contributed by atoms with van der Waals surface area (Å²) >= 11 is 0. The highest BCUT2D eigenvalue weighted by atomic mass is 32.2. The first kappa shape index (κ1) is 15.3. The van der Waals surface area contributed by atoms with Crippen molar-refractivity contribution >= 4 is 9.84 Å². The van der Waals surface area contributed by atoms with E-state index in [0.717, 1.165) is 31.8 Å². The molecule has 2 rings (SSSR count). The van der Waals surface area contributed by atoms with E-state index in [1.807, 2.05) is 0 Å². The van der Waals surface area contributed by atoms with Crippen molar-refractivity contribution in [3.63, 3.8) is 0 Å². The van der Waals surface area contributed by atoms with Crippen molar-refractivity contribution in [1.82, 2.24) is 4.90 Å². The van der Waals surface area contributed by atoms with Crippen LogP contribution in [0.15, 0.2) is 0 Å². The normalized spacial score (nSPS) is 33.4. The number of hydrogen-bond donors (Lipinski definition) is 1. The maximum absolute atomic E-state index is 12.0. The lowest BCUT2D eigenvalue weighted by Gasteiger charge is -2.48. The van der Waals surface area contributed by atoms with E-state index in [1.54, 1.807) is 0 Å². The predicted octanol–water partition coefficient (Wildman–Crippen LogP) is 1.40. The fourth-order valence-corrected chi connectivity index (χ4v) is 5.81. The van der Waals surface area contributed by atoms with Gasteiger partial charge in [-0.25, -0.2) is 8.42 Å². The van der Waals surface area contributed by atoms with Crippen LogP contribution in [0, 0.1) is 5.92 Å². The molecule has 2 fully saturated rings. The molecule has 0 aromatic rings. The van der Waals surface area contributed by atoms with Gasteiger partial charge in [-0.3, -0.25) is 4.90 Å². The molecule has 4 nitrogen and oxygen atoms in total. The molecule has 5 heteroatoms. The van der Waals surface area contributed by atoms with Crippen molar-refractivity contribution < 1.29 is 8.42 Å². The molecule has 19 heavy (non-hydrogen) atoms. The largest absolute Gasteiger partial charge is 0.329 e. The summed E-state index contributed by atoms with van der Waals surface area (Å²) in [5, 5.41) is 0. The number of rotatable bonds is 4. The van der Waals surface area contributed by atoms with E-state index in [9.17, 15) is 8.42 Å². The molecule has 2 saturated heterocycles. The third-order valence-corrected chi connectivity index (χ3v) is 6.84. The van der Waals surface area contributed by atoms with E-state index < -0.39 is 9.84 Å². The molecular weight excluding hydrogens is 260 g/mol. The Labute approximate surface area is 117 Å². The minimum absolute atomic E-state index is 0.270. The molecule has 2 heterocycles. The molecule has 1 unspecified atom stereocenters. The van der Waals surface area contributed by atoms with Crippen LogP contribution >= 0.6 is 0 Å². The molecule has 2 N–H and O–H groups in total. The summed E-state index contributed by atoms with van der Waals surface area (Å²) in [6.45, 7) is 4.76. The third-order valence-electron chi connectivity index (χ3n) is 4.95. The lowest BCUT2D eigenvalue weighted by Crippen LogP contribution is -2.61. The monoisotopic (exact) mass is 288 g/mol. The van der Waals surface area contributed by atoms with Gasteiger partial charge >= 0.3 is 0 Å². The van der Waals surface area contributed by atoms with Crippen LogP contribution in [0.25, 0.3) is 0 Å². The SMILES string of the molecule is CCCC1CCN(C2(CN)CCCS(=O)(=O)C2)CC1. The van der Waals surface area contributed by atoms with Crippen LogP contribution in [0.1, 0.15) is 45.4 Å². The second kappa shape index (κ2) is 6.10. The van der Waals surface area contributed by atoms with Crippen LogP contribution in [0.4, 0.5) is 0 Å². The maximum atomic E-state index is 12.0. The molecule has 0 spiro atoms. The highest BCUT2D eigenvalue weighted by Gasteiger charge is 2.43. The second-order valence-corrected chi connectivity index (χ2v) is 8.53. The van der Waals surface area contributed by atoms with Crippen LogP contribution in [-0.4, -0.2) is 50.0 Å². The molecule has 0 amide bonds. The average molecular weight is 288 g/mol. The zero-order chi connectivity index (χ0) is 13.9. The average Bonchev–Trinajstić information content (AvgIpc) is 2.38. The van der Waals surface area contributed by atoms with Gasteiger partial charge < -0.3 is 5.73 Å². The maximum Gasteiger partial charge on any atom is 0.152 e. The van der Waals surface area contributed by atoms with Gasteiger partial charge in [-0.05, 0) is 44.7 Å². The van der Waals surface area contributed by atoms with Gasteiger partial charge in [-0.1, -0.05) is 19.8 Å². The van der Waals surface area contributed by atoms with Gasteiger partial charge in [0.25, 0.3) is 0 Å². The first-order chi connectivity index (χ1) is 9.01. The topological polar surface area (TPSA) is 63.4 Å². The molecule has 0 aromatic carbocycles. The first-order valence-corrected chi connectivity index (χ1v) is 9.49. The number of hydrogen-bond acceptors (Lipinski definition) is 4. The molecule has 1 atom stereocenters. The number of nitrogens with two attached hydrogens (primary N) is 1. The summed E-state index contributed by atoms with van der Waals surface area (Å²) in [7, 11) is -2.90. The predicted molar refractivity (Wildman–Crippen MR) is 78.9 cm³/mol. The third kappa shape index (κ3) is 3.50. The number of piperidine rings is 1. The van der Waals surface area contributed by atoms with Crippen molar-refractivity contribution in [2.75, 3.05) is 31.1 Å². The van der Waals surface area contributed by atoms with Crippen LogP contribution < -0.4 is 5.73 Å². The fraction of sp³-hybridized carbons (Fsp3) is 1.00. The molecule has 2 aliphatic rings. The van der Waals surface area contributed by atoms with E-state index >= 15 is 0 Å². The Morgan fingerprint density at radius 3 is 2.53 bits per heavy atom. The Morgan fingerprint density at radius 2 is 2.00 bits per heavy atom. The van der Waals surface area contributed by atoms with E-state index in [1.165, 1.54) is 25.7 Å². The van der Waals surface area contributed by atoms with E-state index in [-0.39, 0.29) is 11.3 Å². The van der Waals surface area contributed by atoms with E-state index in [2.05, 4.69) is 11.8 Å². The quantitative estimate of drug-likeness (QED) is 0.849. The highest BCUT2D eigenvalue weighted by Crippen LogP contribution is 2.33. The summed E-state index contributed by atoms with van der Waals surface area (Å²) < 4.78 is 23.9. The summed E-state index contributed by atoms with van der Waals surface area (Å²) in [4.78, 5) is 2.38. The molecule has 0 saturated carbocycles. The first-order valence-electron chi connectivity index (χ1n) is 7.67. The van der Waals surface area contributed by atoms with Gasteiger partial charge in [0.15, 0.2) is 9.84 Å². The lowest BCUT2D eigenvalue weighted by molar-refractivity contribution is 0.0584. The van der Waals surface area contributed by atoms with Crippen LogP contribution in [-0.2, 0) is 9.84 Å². The zero-order valence-electron chi connectivity index (χ0n) is 12.1. The zero-order valence-corrected chi connectivity index (χ0v) is 12.9. The van der Waals surface area contributed by atoms with Crippen molar-refractivity contribution in [3.8, 4) is 0 Å². The number of nitrogens with zero attached hydrogens (tertiary/aromatic N) is 1. The number of likely N-dealkylation sites (tertiary alicyclic amines) is 1. The van der Waals surface area contributed by atoms with E-state index in [4.69, 9.17) is 5.73 Å². The smallest absolute Gasteiger partial charge is 0.152 e. The standard InChI is InChI=1S/C14H28N2O2S/c1-2-4-13-5-8-16(9-6-13)14(11-15)7-3-10-19(17,18)12-14/h13H,2-12,15H2,1H3. The van der Waals surface area contributed by atoms with Crippen LogP contribution in [0.2, 0.25) is 0 Å². The van der Waals surface area contributed by atoms with Crippen LogP contribution in [0.3, 0.4) is 0 Å². The summed E-state index contributed by atoms with van der Waals surface area (Å²) in [6.07, 6.45) is 6.68. The van der Waals surface area contributed by atoms with Crippen LogP contribution in [0.5, 0.6) is 0 Å². The summed E-state index contributed by atoms with van der Waals surface area (Å²) in [6, 6.07) is 0. The minimum atomic E-state index is -2.90. The van der Waals surface area contributed by atoms with Gasteiger partial charge in [0.2, 0.25) is 0 Å². The van der Waals surface area contributed by atoms with Gasteiger partial charge in [0.05, 0.1) is 11.5 Å². The molecule has 2 aliphatic heterocycles. The molecule has 0 aliphatic carbocycles. The molecular formula is C14H28N2O2S. The van der Waals surface area contributed by atoms with E-state index in [0.29, 0.717) is 12.3 Å². The molecule has 0 radical (unpaired) electrons. The van der Waals surface area contributed by atoms with Crippen molar-refractivity contribution in [1.29, 1.82) is 0 Å². The van der Waals surface area contributed by atoms with Crippen molar-refractivity contribution in [2.45, 2.75) is 51.0 Å². The fourth-order valence-electron chi connectivity index (χ4n) is 3.82. The number of sulfone groups is 1. The molecule has 0 aromatic heterocycles. The van der Waals surface area contributed by atoms with Crippen molar-refractivity contribution in [2.24, 2.45) is 11.7 Å².